The second-order valence-corrected chi connectivity index (χ2v) is 9.61. The molecule has 8 nitrogen and oxygen atoms in total. The molecule has 0 spiro atoms. The van der Waals surface area contributed by atoms with Crippen molar-refractivity contribution < 1.29 is 27.1 Å². The lowest BCUT2D eigenvalue weighted by molar-refractivity contribution is 0.0381. The van der Waals surface area contributed by atoms with Gasteiger partial charge in [-0.25, -0.2) is 17.6 Å². The maximum absolute atomic E-state index is 13.8. The van der Waals surface area contributed by atoms with E-state index in [0.717, 1.165) is 13.1 Å². The monoisotopic (exact) mass is 465 g/mol. The van der Waals surface area contributed by atoms with E-state index in [-0.39, 0.29) is 17.9 Å². The molecule has 32 heavy (non-hydrogen) atoms. The van der Waals surface area contributed by atoms with Crippen LogP contribution in [-0.2, 0) is 26.0 Å². The van der Waals surface area contributed by atoms with E-state index in [0.29, 0.717) is 43.1 Å². The van der Waals surface area contributed by atoms with Crippen LogP contribution in [0.5, 0.6) is 0 Å². The topological polar surface area (TPSA) is 89.0 Å². The zero-order chi connectivity index (χ0) is 23.1. The van der Waals surface area contributed by atoms with Crippen LogP contribution in [0.4, 0.5) is 10.1 Å². The second kappa shape index (κ2) is 10.8. The Labute approximate surface area is 188 Å². The maximum atomic E-state index is 13.8. The second-order valence-electron chi connectivity index (χ2n) is 7.59. The number of benzene rings is 1. The van der Waals surface area contributed by atoms with Crippen LogP contribution in [0.2, 0.25) is 0 Å². The van der Waals surface area contributed by atoms with E-state index in [1.165, 1.54) is 41.9 Å². The number of aromatic nitrogens is 1. The molecule has 0 aliphatic carbocycles. The number of ether oxygens (including phenoxy) is 2. The number of carbonyl (C=O) groups is 1. The Morgan fingerprint density at radius 3 is 2.62 bits per heavy atom. The molecule has 1 saturated heterocycles. The molecule has 0 amide bonds. The zero-order valence-electron chi connectivity index (χ0n) is 18.3. The van der Waals surface area contributed by atoms with Gasteiger partial charge in [0.15, 0.2) is 0 Å². The van der Waals surface area contributed by atoms with Gasteiger partial charge in [0.1, 0.15) is 5.82 Å². The molecule has 1 aromatic carbocycles. The first-order chi connectivity index (χ1) is 15.3. The molecule has 1 fully saturated rings. The van der Waals surface area contributed by atoms with Gasteiger partial charge < -0.3 is 9.47 Å². The molecule has 1 aliphatic rings. The highest BCUT2D eigenvalue weighted by atomic mass is 32.2. The lowest BCUT2D eigenvalue weighted by Crippen LogP contribution is -2.38. The number of nitrogens with zero attached hydrogens (tertiary/aromatic N) is 3. The number of anilines is 1. The minimum atomic E-state index is -3.71. The highest BCUT2D eigenvalue weighted by molar-refractivity contribution is 7.92. The number of pyridine rings is 1. The van der Waals surface area contributed by atoms with Gasteiger partial charge in [0.05, 0.1) is 49.6 Å². The van der Waals surface area contributed by atoms with Gasteiger partial charge in [0, 0.05) is 19.3 Å². The summed E-state index contributed by atoms with van der Waals surface area (Å²) >= 11 is 0. The average Bonchev–Trinajstić information content (AvgIpc) is 2.80. The molecular formula is C22H28FN3O5S. The van der Waals surface area contributed by atoms with Gasteiger partial charge in [-0.1, -0.05) is 0 Å². The maximum Gasteiger partial charge on any atom is 0.339 e. The molecule has 10 heteroatoms. The van der Waals surface area contributed by atoms with Crippen LogP contribution in [-0.4, -0.2) is 70.0 Å². The fourth-order valence-electron chi connectivity index (χ4n) is 3.44. The summed E-state index contributed by atoms with van der Waals surface area (Å²) in [4.78, 5) is 18.0. The Hall–Kier alpha value is -2.56. The summed E-state index contributed by atoms with van der Waals surface area (Å²) in [5.41, 5.74) is 1.45. The number of aryl methyl sites for hydroxylation is 1. The van der Waals surface area contributed by atoms with Crippen LogP contribution in [0, 0.1) is 12.7 Å². The molecule has 0 unspecified atom stereocenters. The summed E-state index contributed by atoms with van der Waals surface area (Å²) < 4.78 is 51.6. The smallest absolute Gasteiger partial charge is 0.339 e. The number of esters is 1. The van der Waals surface area contributed by atoms with Crippen LogP contribution in [0.1, 0.15) is 28.0 Å². The summed E-state index contributed by atoms with van der Waals surface area (Å²) in [5.74, 6) is -0.981. The number of methoxy groups -OCH3 is 1. The summed E-state index contributed by atoms with van der Waals surface area (Å²) in [5, 5.41) is 0. The van der Waals surface area contributed by atoms with Crippen LogP contribution in [0.25, 0.3) is 0 Å². The van der Waals surface area contributed by atoms with Gasteiger partial charge in [-0.15, -0.1) is 0 Å². The first kappa shape index (κ1) is 24.1. The molecule has 174 valence electrons. The number of hydrogen-bond acceptors (Lipinski definition) is 7. The third-order valence-electron chi connectivity index (χ3n) is 5.30. The van der Waals surface area contributed by atoms with Crippen LogP contribution in [0.3, 0.4) is 0 Å². The van der Waals surface area contributed by atoms with Crippen molar-refractivity contribution in [3.05, 3.63) is 59.2 Å². The normalized spacial score (nSPS) is 14.8. The lowest BCUT2D eigenvalue weighted by atomic mass is 10.2. The number of halogens is 1. The van der Waals surface area contributed by atoms with Gasteiger partial charge >= 0.3 is 5.97 Å². The Balaban J connectivity index is 1.79. The highest BCUT2D eigenvalue weighted by Gasteiger charge is 2.24. The summed E-state index contributed by atoms with van der Waals surface area (Å²) in [6.45, 7) is 5.10. The minimum absolute atomic E-state index is 0.0353. The Kier molecular flexibility index (Phi) is 8.16. The highest BCUT2D eigenvalue weighted by Crippen LogP contribution is 2.24. The molecule has 0 radical (unpaired) electrons. The van der Waals surface area contributed by atoms with Crippen molar-refractivity contribution in [1.29, 1.82) is 0 Å². The van der Waals surface area contributed by atoms with Crippen molar-refractivity contribution in [3.63, 3.8) is 0 Å². The average molecular weight is 466 g/mol. The van der Waals surface area contributed by atoms with Crippen molar-refractivity contribution in [2.45, 2.75) is 19.9 Å². The van der Waals surface area contributed by atoms with Gasteiger partial charge in [0.25, 0.3) is 0 Å². The Bertz CT molecular complexity index is 1020. The van der Waals surface area contributed by atoms with Gasteiger partial charge in [-0.05, 0) is 55.8 Å². The summed E-state index contributed by atoms with van der Waals surface area (Å²) in [7, 11) is -2.44. The van der Waals surface area contributed by atoms with Crippen molar-refractivity contribution in [1.82, 2.24) is 9.88 Å². The van der Waals surface area contributed by atoms with E-state index in [1.54, 1.807) is 13.0 Å². The minimum Gasteiger partial charge on any atom is -0.465 e. The molecule has 0 atom stereocenters. The lowest BCUT2D eigenvalue weighted by Gasteiger charge is -2.28. The molecule has 3 rings (SSSR count). The molecule has 2 heterocycles. The van der Waals surface area contributed by atoms with Crippen LogP contribution < -0.4 is 4.31 Å². The van der Waals surface area contributed by atoms with E-state index in [9.17, 15) is 17.6 Å². The fourth-order valence-corrected chi connectivity index (χ4v) is 4.92. The van der Waals surface area contributed by atoms with Crippen molar-refractivity contribution >= 4 is 21.7 Å². The Morgan fingerprint density at radius 1 is 1.25 bits per heavy atom. The number of rotatable bonds is 9. The molecule has 1 aromatic heterocycles. The summed E-state index contributed by atoms with van der Waals surface area (Å²) in [6, 6.07) is 7.34. The number of hydrogen-bond donors (Lipinski definition) is 0. The molecule has 0 N–H and O–H groups in total. The van der Waals surface area contributed by atoms with Gasteiger partial charge in [-0.3, -0.25) is 14.2 Å². The van der Waals surface area contributed by atoms with Crippen molar-refractivity contribution in [2.75, 3.05) is 50.0 Å². The SMILES string of the molecule is COC(=O)c1ccc(CN(c2ccc(F)c(C)c2)S(=O)(=O)CCCN2CCOCC2)nc1. The van der Waals surface area contributed by atoms with Gasteiger partial charge in [0.2, 0.25) is 10.0 Å². The number of carbonyl (C=O) groups excluding carboxylic acids is 1. The number of sulfonamides is 1. The van der Waals surface area contributed by atoms with E-state index in [1.807, 2.05) is 0 Å². The predicted octanol–water partition coefficient (Wildman–Crippen LogP) is 2.37. The fraction of sp³-hybridized carbons (Fsp3) is 0.455. The quantitative estimate of drug-likeness (QED) is 0.525. The third-order valence-corrected chi connectivity index (χ3v) is 7.11. The first-order valence-electron chi connectivity index (χ1n) is 10.4. The molecule has 1 aliphatic heterocycles. The van der Waals surface area contributed by atoms with E-state index >= 15 is 0 Å². The van der Waals surface area contributed by atoms with Crippen LogP contribution >= 0.6 is 0 Å². The van der Waals surface area contributed by atoms with E-state index in [4.69, 9.17) is 4.74 Å². The van der Waals surface area contributed by atoms with E-state index < -0.39 is 21.8 Å². The number of morpholine rings is 1. The zero-order valence-corrected chi connectivity index (χ0v) is 19.1. The summed E-state index contributed by atoms with van der Waals surface area (Å²) in [6.07, 6.45) is 1.81. The van der Waals surface area contributed by atoms with Crippen molar-refractivity contribution in [3.8, 4) is 0 Å². The molecule has 0 bridgehead atoms. The molecule has 2 aromatic rings. The van der Waals surface area contributed by atoms with E-state index in [2.05, 4.69) is 14.6 Å². The third kappa shape index (κ3) is 6.24. The van der Waals surface area contributed by atoms with Crippen LogP contribution in [0.15, 0.2) is 36.5 Å². The standard InChI is InChI=1S/C22H28FN3O5S/c1-17-14-20(6-7-21(17)23)26(16-19-5-4-18(15-24-19)22(27)30-2)32(28,29)13-3-8-25-9-11-31-12-10-25/h4-7,14-15H,3,8-13,16H2,1-2H3. The predicted molar refractivity (Wildman–Crippen MR) is 119 cm³/mol. The molecule has 0 saturated carbocycles. The first-order valence-corrected chi connectivity index (χ1v) is 12.0. The largest absolute Gasteiger partial charge is 0.465 e. The van der Waals surface area contributed by atoms with Gasteiger partial charge in [-0.2, -0.15) is 0 Å². The molecular weight excluding hydrogens is 437 g/mol. The Morgan fingerprint density at radius 2 is 2.00 bits per heavy atom. The van der Waals surface area contributed by atoms with Crippen molar-refractivity contribution in [2.24, 2.45) is 0 Å².